The van der Waals surface area contributed by atoms with Gasteiger partial charge in [-0.15, -0.1) is 0 Å². The van der Waals surface area contributed by atoms with Gasteiger partial charge in [-0.2, -0.15) is 13.2 Å². The second kappa shape index (κ2) is 5.89. The van der Waals surface area contributed by atoms with Gasteiger partial charge in [-0.05, 0) is 12.3 Å². The van der Waals surface area contributed by atoms with Crippen molar-refractivity contribution in [1.29, 1.82) is 0 Å². The highest BCUT2D eigenvalue weighted by Gasteiger charge is 2.41. The largest absolute Gasteiger partial charge is 0.401 e. The summed E-state index contributed by atoms with van der Waals surface area (Å²) < 4.78 is 36.8. The molecule has 13 heavy (non-hydrogen) atoms. The van der Waals surface area contributed by atoms with Crippen molar-refractivity contribution < 1.29 is 13.2 Å². The molecule has 0 saturated carbocycles. The maximum Gasteiger partial charge on any atom is 0.401 e. The van der Waals surface area contributed by atoms with Crippen LogP contribution in [0.15, 0.2) is 0 Å². The average molecular weight is 261 g/mol. The minimum Gasteiger partial charge on any atom is -0.170 e. The van der Waals surface area contributed by atoms with E-state index >= 15 is 0 Å². The van der Waals surface area contributed by atoms with Crippen LogP contribution in [0, 0.1) is 5.92 Å². The van der Waals surface area contributed by atoms with Crippen LogP contribution in [-0.4, -0.2) is 11.0 Å². The topological polar surface area (TPSA) is 0 Å². The van der Waals surface area contributed by atoms with Gasteiger partial charge in [0.1, 0.15) is 4.83 Å². The van der Waals surface area contributed by atoms with E-state index in [1.165, 1.54) is 0 Å². The fourth-order valence-electron chi connectivity index (χ4n) is 1.29. The Morgan fingerprint density at radius 1 is 1.23 bits per heavy atom. The Labute approximate surface area is 86.0 Å². The summed E-state index contributed by atoms with van der Waals surface area (Å²) in [5, 5.41) is 0. The van der Waals surface area contributed by atoms with Crippen LogP contribution in [0.1, 0.15) is 39.5 Å². The summed E-state index contributed by atoms with van der Waals surface area (Å²) >= 11 is 2.73. The number of alkyl halides is 4. The van der Waals surface area contributed by atoms with Gasteiger partial charge in [0.15, 0.2) is 0 Å². The Morgan fingerprint density at radius 2 is 1.77 bits per heavy atom. The SMILES string of the molecule is CCCCC(CC)C(Br)C(F)(F)F. The van der Waals surface area contributed by atoms with Gasteiger partial charge in [-0.3, -0.25) is 0 Å². The lowest BCUT2D eigenvalue weighted by molar-refractivity contribution is -0.137. The summed E-state index contributed by atoms with van der Waals surface area (Å²) in [6.45, 7) is 3.80. The highest BCUT2D eigenvalue weighted by atomic mass is 79.9. The van der Waals surface area contributed by atoms with E-state index < -0.39 is 11.0 Å². The predicted molar refractivity (Wildman–Crippen MR) is 52.1 cm³/mol. The van der Waals surface area contributed by atoms with Crippen molar-refractivity contribution in [2.24, 2.45) is 5.92 Å². The lowest BCUT2D eigenvalue weighted by Crippen LogP contribution is -2.30. The van der Waals surface area contributed by atoms with Crippen molar-refractivity contribution in [3.05, 3.63) is 0 Å². The third-order valence-corrected chi connectivity index (χ3v) is 3.45. The zero-order valence-corrected chi connectivity index (χ0v) is 9.58. The summed E-state index contributed by atoms with van der Waals surface area (Å²) in [6.07, 6.45) is -1.04. The zero-order chi connectivity index (χ0) is 10.5. The van der Waals surface area contributed by atoms with Crippen LogP contribution in [0.3, 0.4) is 0 Å². The maximum atomic E-state index is 12.3. The third kappa shape index (κ3) is 4.89. The number of rotatable bonds is 5. The van der Waals surface area contributed by atoms with E-state index in [9.17, 15) is 13.2 Å². The zero-order valence-electron chi connectivity index (χ0n) is 7.99. The van der Waals surface area contributed by atoms with Crippen LogP contribution >= 0.6 is 15.9 Å². The molecule has 0 rings (SSSR count). The Balaban J connectivity index is 4.07. The minimum atomic E-state index is -4.10. The highest BCUT2D eigenvalue weighted by molar-refractivity contribution is 9.09. The molecule has 0 saturated heterocycles. The van der Waals surface area contributed by atoms with Gasteiger partial charge in [0.05, 0.1) is 0 Å². The number of halogens is 4. The van der Waals surface area contributed by atoms with Gasteiger partial charge >= 0.3 is 6.18 Å². The number of hydrogen-bond acceptors (Lipinski definition) is 0. The van der Waals surface area contributed by atoms with E-state index in [1.54, 1.807) is 6.92 Å². The van der Waals surface area contributed by atoms with Crippen LogP contribution in [0.2, 0.25) is 0 Å². The van der Waals surface area contributed by atoms with Crippen molar-refractivity contribution in [3.63, 3.8) is 0 Å². The smallest absolute Gasteiger partial charge is 0.170 e. The molecule has 2 unspecified atom stereocenters. The first-order valence-electron chi connectivity index (χ1n) is 4.64. The van der Waals surface area contributed by atoms with E-state index in [2.05, 4.69) is 15.9 Å². The van der Waals surface area contributed by atoms with Crippen molar-refractivity contribution in [1.82, 2.24) is 0 Å². The molecule has 0 radical (unpaired) electrons. The van der Waals surface area contributed by atoms with Gasteiger partial charge in [0.25, 0.3) is 0 Å². The first-order valence-corrected chi connectivity index (χ1v) is 5.55. The molecule has 0 aromatic carbocycles. The Bertz CT molecular complexity index is 133. The predicted octanol–water partition coefficient (Wildman–Crippen LogP) is 4.53. The third-order valence-electron chi connectivity index (χ3n) is 2.18. The normalized spacial score (nSPS) is 17.1. The van der Waals surface area contributed by atoms with Crippen molar-refractivity contribution in [3.8, 4) is 0 Å². The molecule has 0 amide bonds. The molecule has 0 aromatic heterocycles. The lowest BCUT2D eigenvalue weighted by atomic mass is 9.95. The van der Waals surface area contributed by atoms with Crippen molar-refractivity contribution in [2.45, 2.75) is 50.5 Å². The first-order chi connectivity index (χ1) is 5.93. The van der Waals surface area contributed by atoms with E-state index in [0.717, 1.165) is 12.8 Å². The monoisotopic (exact) mass is 260 g/mol. The quantitative estimate of drug-likeness (QED) is 0.638. The molecule has 0 bridgehead atoms. The molecular weight excluding hydrogens is 245 g/mol. The van der Waals surface area contributed by atoms with E-state index in [0.29, 0.717) is 12.8 Å². The summed E-state index contributed by atoms with van der Waals surface area (Å²) in [5.41, 5.74) is 0. The molecule has 0 aliphatic heterocycles. The summed E-state index contributed by atoms with van der Waals surface area (Å²) in [6, 6.07) is 0. The summed E-state index contributed by atoms with van der Waals surface area (Å²) in [4.78, 5) is -1.34. The minimum absolute atomic E-state index is 0.278. The van der Waals surface area contributed by atoms with Crippen LogP contribution in [0.25, 0.3) is 0 Å². The Kier molecular flexibility index (Phi) is 6.01. The molecule has 0 fully saturated rings. The summed E-state index contributed by atoms with van der Waals surface area (Å²) in [5.74, 6) is -0.278. The standard InChI is InChI=1S/C9H16BrF3/c1-3-5-6-7(4-2)8(10)9(11,12)13/h7-8H,3-6H2,1-2H3. The van der Waals surface area contributed by atoms with Gasteiger partial charge in [-0.25, -0.2) is 0 Å². The van der Waals surface area contributed by atoms with Crippen LogP contribution in [-0.2, 0) is 0 Å². The fraction of sp³-hybridized carbons (Fsp3) is 1.00. The molecule has 0 nitrogen and oxygen atoms in total. The van der Waals surface area contributed by atoms with Gasteiger partial charge < -0.3 is 0 Å². The molecular formula is C9H16BrF3. The van der Waals surface area contributed by atoms with Crippen LogP contribution < -0.4 is 0 Å². The number of hydrogen-bond donors (Lipinski definition) is 0. The van der Waals surface area contributed by atoms with Gasteiger partial charge in [0.2, 0.25) is 0 Å². The fourth-order valence-corrected chi connectivity index (χ4v) is 1.93. The van der Waals surface area contributed by atoms with Gasteiger partial charge in [-0.1, -0.05) is 49.0 Å². The molecule has 0 aliphatic rings. The highest BCUT2D eigenvalue weighted by Crippen LogP contribution is 2.35. The van der Waals surface area contributed by atoms with Crippen molar-refractivity contribution in [2.75, 3.05) is 0 Å². The second-order valence-electron chi connectivity index (χ2n) is 3.25. The lowest BCUT2D eigenvalue weighted by Gasteiger charge is -2.23. The molecule has 2 atom stereocenters. The molecule has 0 spiro atoms. The van der Waals surface area contributed by atoms with E-state index in [1.807, 2.05) is 6.92 Å². The van der Waals surface area contributed by atoms with Gasteiger partial charge in [0, 0.05) is 0 Å². The molecule has 4 heteroatoms. The maximum absolute atomic E-state index is 12.3. The molecule has 0 aromatic rings. The number of unbranched alkanes of at least 4 members (excludes halogenated alkanes) is 1. The van der Waals surface area contributed by atoms with Crippen LogP contribution in [0.5, 0.6) is 0 Å². The Hall–Kier alpha value is 0.270. The van der Waals surface area contributed by atoms with E-state index in [-0.39, 0.29) is 5.92 Å². The van der Waals surface area contributed by atoms with Crippen LogP contribution in [0.4, 0.5) is 13.2 Å². The Morgan fingerprint density at radius 3 is 2.08 bits per heavy atom. The van der Waals surface area contributed by atoms with Crippen molar-refractivity contribution >= 4 is 15.9 Å². The second-order valence-corrected chi connectivity index (χ2v) is 4.24. The summed E-state index contributed by atoms with van der Waals surface area (Å²) in [7, 11) is 0. The van der Waals surface area contributed by atoms with E-state index in [4.69, 9.17) is 0 Å². The first kappa shape index (κ1) is 13.3. The molecule has 0 heterocycles. The molecule has 0 N–H and O–H groups in total. The average Bonchev–Trinajstić information content (AvgIpc) is 2.04. The molecule has 80 valence electrons. The molecule has 0 aliphatic carbocycles.